The Kier molecular flexibility index (Phi) is 5.54. The van der Waals surface area contributed by atoms with E-state index in [0.29, 0.717) is 18.4 Å². The third-order valence-corrected chi connectivity index (χ3v) is 2.74. The number of hydrogen-bond acceptors (Lipinski definition) is 4. The van der Waals surface area contributed by atoms with E-state index in [1.807, 2.05) is 0 Å². The highest BCUT2D eigenvalue weighted by molar-refractivity contribution is 5.96. The molecule has 0 heterocycles. The minimum atomic E-state index is -0.803. The largest absolute Gasteiger partial charge is 0.444 e. The molecule has 5 nitrogen and oxygen atoms in total. The van der Waals surface area contributed by atoms with Crippen LogP contribution in [0.5, 0.6) is 0 Å². The van der Waals surface area contributed by atoms with Crippen molar-refractivity contribution in [1.29, 1.82) is 0 Å². The lowest BCUT2D eigenvalue weighted by Crippen LogP contribution is -2.34. The van der Waals surface area contributed by atoms with Gasteiger partial charge in [0.2, 0.25) is 0 Å². The van der Waals surface area contributed by atoms with Gasteiger partial charge in [-0.15, -0.1) is 0 Å². The molecule has 2 N–H and O–H groups in total. The quantitative estimate of drug-likeness (QED) is 0.817. The van der Waals surface area contributed by atoms with Crippen LogP contribution in [-0.4, -0.2) is 35.2 Å². The minimum absolute atomic E-state index is 0.0102. The molecular formula is C14H23NO4. The molecule has 108 valence electrons. The number of alkyl carbamates (subject to hydrolysis) is 1. The zero-order valence-corrected chi connectivity index (χ0v) is 11.9. The molecule has 0 saturated carbocycles. The molecule has 0 bridgehead atoms. The van der Waals surface area contributed by atoms with E-state index < -0.39 is 17.8 Å². The number of allylic oxidation sites excluding steroid dienone is 1. The Morgan fingerprint density at radius 3 is 2.79 bits per heavy atom. The van der Waals surface area contributed by atoms with Crippen LogP contribution in [0.3, 0.4) is 0 Å². The van der Waals surface area contributed by atoms with Gasteiger partial charge in [0, 0.05) is 18.5 Å². The molecule has 0 aromatic carbocycles. The summed E-state index contributed by atoms with van der Waals surface area (Å²) in [5.41, 5.74) is -0.0536. The molecule has 0 fully saturated rings. The maximum absolute atomic E-state index is 11.6. The number of carbonyl (C=O) groups is 2. The molecule has 1 amide bonds. The monoisotopic (exact) mass is 269 g/mol. The molecule has 1 atom stereocenters. The number of Topliss-reactive ketones (excluding diaryl/α,β-unsaturated/α-hetero) is 1. The second-order valence-electron chi connectivity index (χ2n) is 5.71. The highest BCUT2D eigenvalue weighted by Crippen LogP contribution is 2.18. The Morgan fingerprint density at radius 1 is 1.53 bits per heavy atom. The van der Waals surface area contributed by atoms with Gasteiger partial charge in [-0.3, -0.25) is 4.79 Å². The third-order valence-electron chi connectivity index (χ3n) is 2.74. The maximum Gasteiger partial charge on any atom is 0.407 e. The molecule has 1 aliphatic rings. The molecule has 1 rings (SSSR count). The second-order valence-corrected chi connectivity index (χ2v) is 5.71. The fourth-order valence-electron chi connectivity index (χ4n) is 1.88. The lowest BCUT2D eigenvalue weighted by atomic mass is 9.93. The van der Waals surface area contributed by atoms with Crippen LogP contribution >= 0.6 is 0 Å². The average molecular weight is 269 g/mol. The van der Waals surface area contributed by atoms with E-state index in [9.17, 15) is 14.7 Å². The van der Waals surface area contributed by atoms with E-state index in [-0.39, 0.29) is 12.3 Å². The maximum atomic E-state index is 11.6. The lowest BCUT2D eigenvalue weighted by Gasteiger charge is -2.21. The molecular weight excluding hydrogens is 246 g/mol. The van der Waals surface area contributed by atoms with Gasteiger partial charge in [-0.25, -0.2) is 4.79 Å². The van der Waals surface area contributed by atoms with Crippen molar-refractivity contribution in [2.45, 2.75) is 58.2 Å². The number of ketones is 1. The van der Waals surface area contributed by atoms with Gasteiger partial charge in [-0.05, 0) is 40.0 Å². The first-order valence-electron chi connectivity index (χ1n) is 6.68. The Morgan fingerprint density at radius 2 is 2.21 bits per heavy atom. The fraction of sp³-hybridized carbons (Fsp3) is 0.714. The van der Waals surface area contributed by atoms with Crippen molar-refractivity contribution in [2.24, 2.45) is 0 Å². The third kappa shape index (κ3) is 5.87. The molecule has 0 spiro atoms. The van der Waals surface area contributed by atoms with Crippen LogP contribution in [0, 0.1) is 0 Å². The lowest BCUT2D eigenvalue weighted by molar-refractivity contribution is -0.117. The Labute approximate surface area is 114 Å². The molecule has 0 aromatic rings. The van der Waals surface area contributed by atoms with Crippen LogP contribution in [-0.2, 0) is 9.53 Å². The highest BCUT2D eigenvalue weighted by atomic mass is 16.6. The molecule has 0 saturated heterocycles. The summed E-state index contributed by atoms with van der Waals surface area (Å²) in [6.45, 7) is 5.63. The van der Waals surface area contributed by atoms with Crippen LogP contribution in [0.2, 0.25) is 0 Å². The number of hydrogen-bond donors (Lipinski definition) is 2. The number of aliphatic hydroxyl groups is 1. The van der Waals surface area contributed by atoms with Crippen molar-refractivity contribution in [3.63, 3.8) is 0 Å². The van der Waals surface area contributed by atoms with Gasteiger partial charge < -0.3 is 15.2 Å². The van der Waals surface area contributed by atoms with Crippen LogP contribution in [0.15, 0.2) is 11.6 Å². The smallest absolute Gasteiger partial charge is 0.407 e. The van der Waals surface area contributed by atoms with Crippen LogP contribution < -0.4 is 5.32 Å². The number of rotatable bonds is 4. The summed E-state index contributed by atoms with van der Waals surface area (Å²) in [7, 11) is 0. The summed E-state index contributed by atoms with van der Waals surface area (Å²) < 4.78 is 5.07. The molecule has 0 aromatic heterocycles. The molecule has 0 radical (unpaired) electrons. The van der Waals surface area contributed by atoms with Crippen LogP contribution in [0.25, 0.3) is 0 Å². The van der Waals surface area contributed by atoms with E-state index in [0.717, 1.165) is 12.8 Å². The SMILES string of the molecule is CC(C)(C)OC(=O)NCCC(O)C1=CCCCC1=O. The molecule has 1 unspecified atom stereocenters. The first-order valence-corrected chi connectivity index (χ1v) is 6.68. The van der Waals surface area contributed by atoms with Crippen LogP contribution in [0.1, 0.15) is 46.5 Å². The number of nitrogens with one attached hydrogen (secondary N) is 1. The molecule has 1 aliphatic carbocycles. The van der Waals surface area contributed by atoms with Crippen molar-refractivity contribution in [3.05, 3.63) is 11.6 Å². The average Bonchev–Trinajstić information content (AvgIpc) is 2.26. The van der Waals surface area contributed by atoms with Crippen molar-refractivity contribution in [1.82, 2.24) is 5.32 Å². The number of aliphatic hydroxyl groups excluding tert-OH is 1. The topological polar surface area (TPSA) is 75.6 Å². The van der Waals surface area contributed by atoms with Crippen molar-refractivity contribution < 1.29 is 19.4 Å². The van der Waals surface area contributed by atoms with Crippen LogP contribution in [0.4, 0.5) is 4.79 Å². The van der Waals surface area contributed by atoms with E-state index in [1.165, 1.54) is 0 Å². The number of carbonyl (C=O) groups excluding carboxylic acids is 2. The predicted molar refractivity (Wildman–Crippen MR) is 71.8 cm³/mol. The van der Waals surface area contributed by atoms with Gasteiger partial charge in [0.05, 0.1) is 6.10 Å². The Hall–Kier alpha value is -1.36. The first-order chi connectivity index (χ1) is 8.79. The minimum Gasteiger partial charge on any atom is -0.444 e. The van der Waals surface area contributed by atoms with E-state index in [1.54, 1.807) is 26.8 Å². The normalized spacial score (nSPS) is 17.7. The van der Waals surface area contributed by atoms with E-state index >= 15 is 0 Å². The summed E-state index contributed by atoms with van der Waals surface area (Å²) in [5.74, 6) is 0.0102. The second kappa shape index (κ2) is 6.70. The van der Waals surface area contributed by atoms with E-state index in [2.05, 4.69) is 5.32 Å². The first kappa shape index (κ1) is 15.7. The summed E-state index contributed by atoms with van der Waals surface area (Å²) in [6.07, 6.45) is 2.98. The number of ether oxygens (including phenoxy) is 1. The van der Waals surface area contributed by atoms with Crippen molar-refractivity contribution in [3.8, 4) is 0 Å². The fourth-order valence-corrected chi connectivity index (χ4v) is 1.88. The van der Waals surface area contributed by atoms with Gasteiger partial charge in [0.1, 0.15) is 5.60 Å². The Balaban J connectivity index is 2.31. The molecule has 5 heteroatoms. The van der Waals surface area contributed by atoms with Crippen molar-refractivity contribution in [2.75, 3.05) is 6.54 Å². The van der Waals surface area contributed by atoms with Crippen molar-refractivity contribution >= 4 is 11.9 Å². The van der Waals surface area contributed by atoms with Gasteiger partial charge in [-0.1, -0.05) is 6.08 Å². The summed E-state index contributed by atoms with van der Waals surface area (Å²) in [6, 6.07) is 0. The van der Waals surface area contributed by atoms with Gasteiger partial charge in [0.25, 0.3) is 0 Å². The summed E-state index contributed by atoms with van der Waals surface area (Å²) in [4.78, 5) is 23.0. The predicted octanol–water partition coefficient (Wildman–Crippen LogP) is 1.94. The van der Waals surface area contributed by atoms with E-state index in [4.69, 9.17) is 4.74 Å². The highest BCUT2D eigenvalue weighted by Gasteiger charge is 2.21. The van der Waals surface area contributed by atoms with Gasteiger partial charge in [-0.2, -0.15) is 0 Å². The molecule has 19 heavy (non-hydrogen) atoms. The summed E-state index contributed by atoms with van der Waals surface area (Å²) in [5, 5.41) is 12.5. The zero-order chi connectivity index (χ0) is 14.5. The zero-order valence-electron chi connectivity index (χ0n) is 11.9. The Bertz CT molecular complexity index is 368. The summed E-state index contributed by atoms with van der Waals surface area (Å²) >= 11 is 0. The van der Waals surface area contributed by atoms with Gasteiger partial charge in [0.15, 0.2) is 5.78 Å². The van der Waals surface area contributed by atoms with Gasteiger partial charge >= 0.3 is 6.09 Å². The number of amides is 1. The standard InChI is InChI=1S/C14H23NO4/c1-14(2,3)19-13(18)15-9-8-12(17)10-6-4-5-7-11(10)16/h6,12,17H,4-5,7-9H2,1-3H3,(H,15,18). The molecule has 0 aliphatic heterocycles.